The lowest BCUT2D eigenvalue weighted by atomic mass is 9.89. The summed E-state index contributed by atoms with van der Waals surface area (Å²) >= 11 is 0. The van der Waals surface area contributed by atoms with Crippen molar-refractivity contribution in [2.45, 2.75) is 31.9 Å². The fourth-order valence-corrected chi connectivity index (χ4v) is 4.21. The lowest BCUT2D eigenvalue weighted by Gasteiger charge is -2.22. The van der Waals surface area contributed by atoms with Crippen LogP contribution in [0.3, 0.4) is 0 Å². The van der Waals surface area contributed by atoms with Crippen LogP contribution in [0.25, 0.3) is 11.1 Å². The van der Waals surface area contributed by atoms with Gasteiger partial charge in [0.05, 0.1) is 22.9 Å². The minimum absolute atomic E-state index is 0.213. The van der Waals surface area contributed by atoms with E-state index in [1.165, 1.54) is 17.0 Å². The first-order valence-corrected chi connectivity index (χ1v) is 10.6. The number of anilines is 1. The first-order valence-electron chi connectivity index (χ1n) is 10.6. The molecule has 3 aromatic rings. The molecule has 0 bridgehead atoms. The van der Waals surface area contributed by atoms with E-state index in [4.69, 9.17) is 10.8 Å². The third kappa shape index (κ3) is 3.82. The molecule has 7 heteroatoms. The minimum Gasteiger partial charge on any atom is -0.480 e. The molecule has 0 fully saturated rings. The summed E-state index contributed by atoms with van der Waals surface area (Å²) in [5, 5.41) is 19.4. The number of fused-ring (bicyclic) bond motifs is 1. The smallest absolute Gasteiger partial charge is 0.323 e. The molecule has 0 aliphatic carbocycles. The lowest BCUT2D eigenvalue weighted by molar-refractivity contribution is -0.141. The van der Waals surface area contributed by atoms with Gasteiger partial charge in [0.1, 0.15) is 6.04 Å². The molecule has 0 radical (unpaired) electrons. The number of rotatable bonds is 6. The van der Waals surface area contributed by atoms with Gasteiger partial charge < -0.3 is 15.9 Å². The quantitative estimate of drug-likeness (QED) is 0.502. The van der Waals surface area contributed by atoms with Crippen LogP contribution in [0.2, 0.25) is 0 Å². The molecule has 1 aliphatic heterocycles. The van der Waals surface area contributed by atoms with Gasteiger partial charge in [0.2, 0.25) is 0 Å². The Morgan fingerprint density at radius 1 is 0.909 bits per heavy atom. The van der Waals surface area contributed by atoms with E-state index in [0.29, 0.717) is 11.3 Å². The third-order valence-electron chi connectivity index (χ3n) is 6.23. The highest BCUT2D eigenvalue weighted by Crippen LogP contribution is 2.36. The van der Waals surface area contributed by atoms with Gasteiger partial charge in [0, 0.05) is 5.92 Å². The first-order chi connectivity index (χ1) is 15.7. The fraction of sp³-hybridized carbons (Fsp3) is 0.192. The maximum atomic E-state index is 13.3. The molecule has 1 aliphatic rings. The summed E-state index contributed by atoms with van der Waals surface area (Å²) < 4.78 is 0. The number of benzene rings is 3. The number of nitrogens with zero attached hydrogens (tertiary/aromatic N) is 1. The molecular formula is C26H24N2O5. The van der Waals surface area contributed by atoms with E-state index in [2.05, 4.69) is 0 Å². The summed E-state index contributed by atoms with van der Waals surface area (Å²) in [6, 6.07) is 18.4. The molecule has 1 heterocycles. The Balaban J connectivity index is 1.70. The molecule has 168 valence electrons. The number of hydrogen-bond donors (Lipinski definition) is 3. The second kappa shape index (κ2) is 8.61. The number of imide groups is 1. The molecule has 0 saturated carbocycles. The Hall–Kier alpha value is -3.81. The predicted octanol–water partition coefficient (Wildman–Crippen LogP) is 3.34. The molecule has 2 amide bonds. The Bertz CT molecular complexity index is 1250. The van der Waals surface area contributed by atoms with Gasteiger partial charge in [-0.1, -0.05) is 55.5 Å². The number of hydrogen-bond acceptors (Lipinski definition) is 5. The van der Waals surface area contributed by atoms with Gasteiger partial charge in [-0.05, 0) is 47.4 Å². The largest absolute Gasteiger partial charge is 0.480 e. The molecule has 4 N–H and O–H groups in total. The first kappa shape index (κ1) is 22.4. The molecule has 4 rings (SSSR count). The summed E-state index contributed by atoms with van der Waals surface area (Å²) in [5.41, 5.74) is 9.76. The Morgan fingerprint density at radius 3 is 2.24 bits per heavy atom. The SMILES string of the molecule is Cc1c(-c2ccccc2)cccc1N1C(=O)c2ccc(C(C)[C@@H](O)[C@H](N)C(=O)O)cc2C1=O. The number of carbonyl (C=O) groups is 3. The summed E-state index contributed by atoms with van der Waals surface area (Å²) in [4.78, 5) is 38.8. The van der Waals surface area contributed by atoms with Crippen LogP contribution in [0, 0.1) is 6.92 Å². The van der Waals surface area contributed by atoms with Crippen LogP contribution in [0.4, 0.5) is 5.69 Å². The maximum absolute atomic E-state index is 13.3. The molecule has 1 unspecified atom stereocenters. The van der Waals surface area contributed by atoms with E-state index < -0.39 is 35.8 Å². The number of carboxylic acids is 1. The van der Waals surface area contributed by atoms with E-state index in [-0.39, 0.29) is 11.1 Å². The Labute approximate surface area is 191 Å². The van der Waals surface area contributed by atoms with Gasteiger partial charge >= 0.3 is 5.97 Å². The number of aliphatic hydroxyl groups excluding tert-OH is 1. The average molecular weight is 444 g/mol. The van der Waals surface area contributed by atoms with Crippen molar-refractivity contribution in [2.24, 2.45) is 5.73 Å². The number of carboxylic acid groups (broad SMARTS) is 1. The normalized spacial score (nSPS) is 15.8. The van der Waals surface area contributed by atoms with E-state index in [1.54, 1.807) is 19.1 Å². The van der Waals surface area contributed by atoms with E-state index >= 15 is 0 Å². The molecule has 0 aromatic heterocycles. The van der Waals surface area contributed by atoms with Crippen LogP contribution in [-0.2, 0) is 4.79 Å². The topological polar surface area (TPSA) is 121 Å². The number of aliphatic hydroxyl groups is 1. The summed E-state index contributed by atoms with van der Waals surface area (Å²) in [7, 11) is 0. The third-order valence-corrected chi connectivity index (χ3v) is 6.23. The van der Waals surface area contributed by atoms with Crippen LogP contribution in [0.5, 0.6) is 0 Å². The molecule has 7 nitrogen and oxygen atoms in total. The molecular weight excluding hydrogens is 420 g/mol. The van der Waals surface area contributed by atoms with Crippen molar-refractivity contribution in [3.05, 3.63) is 89.0 Å². The molecule has 0 spiro atoms. The number of amides is 2. The summed E-state index contributed by atoms with van der Waals surface area (Å²) in [5.74, 6) is -2.86. The fourth-order valence-electron chi connectivity index (χ4n) is 4.21. The summed E-state index contributed by atoms with van der Waals surface area (Å²) in [6.45, 7) is 3.50. The molecule has 3 atom stereocenters. The standard InChI is InChI=1S/C26H24N2O5/c1-14(23(29)22(27)26(32)33)17-11-12-19-20(13-17)25(31)28(24(19)30)21-10-6-9-18(15(21)2)16-7-4-3-5-8-16/h3-14,22-23,29H,27H2,1-2H3,(H,32,33)/t14?,22-,23+/m0/s1. The Morgan fingerprint density at radius 2 is 1.58 bits per heavy atom. The van der Waals surface area contributed by atoms with Gasteiger partial charge in [0.15, 0.2) is 0 Å². The zero-order chi connectivity index (χ0) is 23.9. The zero-order valence-electron chi connectivity index (χ0n) is 18.2. The molecule has 0 saturated heterocycles. The van der Waals surface area contributed by atoms with Crippen molar-refractivity contribution >= 4 is 23.5 Å². The second-order valence-electron chi connectivity index (χ2n) is 8.21. The number of carbonyl (C=O) groups excluding carboxylic acids is 2. The van der Waals surface area contributed by atoms with Crippen LogP contribution >= 0.6 is 0 Å². The van der Waals surface area contributed by atoms with Crippen LogP contribution in [-0.4, -0.2) is 40.1 Å². The van der Waals surface area contributed by atoms with E-state index in [1.807, 2.05) is 49.4 Å². The summed E-state index contributed by atoms with van der Waals surface area (Å²) in [6.07, 6.45) is -1.35. The second-order valence-corrected chi connectivity index (χ2v) is 8.21. The molecule has 33 heavy (non-hydrogen) atoms. The number of aliphatic carboxylic acids is 1. The Kier molecular flexibility index (Phi) is 5.84. The van der Waals surface area contributed by atoms with Crippen LogP contribution in [0.15, 0.2) is 66.7 Å². The maximum Gasteiger partial charge on any atom is 0.323 e. The van der Waals surface area contributed by atoms with Crippen molar-refractivity contribution in [1.82, 2.24) is 0 Å². The highest BCUT2D eigenvalue weighted by Gasteiger charge is 2.38. The average Bonchev–Trinajstić information content (AvgIpc) is 3.07. The number of nitrogens with two attached hydrogens (primary N) is 1. The zero-order valence-corrected chi connectivity index (χ0v) is 18.2. The lowest BCUT2D eigenvalue weighted by Crippen LogP contribution is -2.44. The monoisotopic (exact) mass is 444 g/mol. The van der Waals surface area contributed by atoms with E-state index in [9.17, 15) is 19.5 Å². The van der Waals surface area contributed by atoms with Crippen molar-refractivity contribution in [1.29, 1.82) is 0 Å². The van der Waals surface area contributed by atoms with Crippen molar-refractivity contribution in [2.75, 3.05) is 4.90 Å². The van der Waals surface area contributed by atoms with Gasteiger partial charge in [-0.25, -0.2) is 4.90 Å². The molecule has 3 aromatic carbocycles. The van der Waals surface area contributed by atoms with Crippen molar-refractivity contribution < 1.29 is 24.6 Å². The van der Waals surface area contributed by atoms with Gasteiger partial charge in [-0.15, -0.1) is 0 Å². The van der Waals surface area contributed by atoms with Crippen molar-refractivity contribution in [3.8, 4) is 11.1 Å². The predicted molar refractivity (Wildman–Crippen MR) is 124 cm³/mol. The van der Waals surface area contributed by atoms with Gasteiger partial charge in [0.25, 0.3) is 11.8 Å². The highest BCUT2D eigenvalue weighted by molar-refractivity contribution is 6.34. The van der Waals surface area contributed by atoms with Gasteiger partial charge in [-0.2, -0.15) is 0 Å². The minimum atomic E-state index is -1.47. The van der Waals surface area contributed by atoms with Crippen LogP contribution < -0.4 is 10.6 Å². The van der Waals surface area contributed by atoms with Crippen LogP contribution in [0.1, 0.15) is 44.7 Å². The van der Waals surface area contributed by atoms with Gasteiger partial charge in [-0.3, -0.25) is 14.4 Å². The van der Waals surface area contributed by atoms with E-state index in [0.717, 1.165) is 16.7 Å². The van der Waals surface area contributed by atoms with Crippen molar-refractivity contribution in [3.63, 3.8) is 0 Å². The highest BCUT2D eigenvalue weighted by atomic mass is 16.4.